The Kier molecular flexibility index (Phi) is 22.3. The van der Waals surface area contributed by atoms with E-state index in [1.54, 1.807) is 28.4 Å². The van der Waals surface area contributed by atoms with E-state index in [0.29, 0.717) is 13.2 Å². The fourth-order valence-corrected chi connectivity index (χ4v) is 9.03. The van der Waals surface area contributed by atoms with Gasteiger partial charge in [0.1, 0.15) is 50.5 Å². The maximum absolute atomic E-state index is 14.3. The Morgan fingerprint density at radius 1 is 0.750 bits per heavy atom. The van der Waals surface area contributed by atoms with Gasteiger partial charge < -0.3 is 56.2 Å². The minimum atomic E-state index is -2.14. The van der Waals surface area contributed by atoms with Gasteiger partial charge in [0.2, 0.25) is 0 Å². The second kappa shape index (κ2) is 24.5. The minimum absolute atomic E-state index is 0.00849. The molecule has 370 valence electrons. The molecule has 8 atom stereocenters. The van der Waals surface area contributed by atoms with Crippen LogP contribution in [0.3, 0.4) is 0 Å². The number of carbonyl (C=O) groups is 1. The van der Waals surface area contributed by atoms with E-state index in [0.717, 1.165) is 11.3 Å². The third-order valence-electron chi connectivity index (χ3n) is 13.0. The molecule has 1 aliphatic heterocycles. The zero-order valence-electron chi connectivity index (χ0n) is 43.6. The molecule has 0 aliphatic carbocycles. The number of hydrogen-bond acceptors (Lipinski definition) is 13. The minimum Gasteiger partial charge on any atom is -0.497 e. The van der Waals surface area contributed by atoms with Crippen molar-refractivity contribution in [2.24, 2.45) is 17.3 Å². The van der Waals surface area contributed by atoms with Gasteiger partial charge in [0.15, 0.2) is 33.8 Å². The van der Waals surface area contributed by atoms with E-state index in [2.05, 4.69) is 93.4 Å². The molecule has 1 aromatic rings. The van der Waals surface area contributed by atoms with Gasteiger partial charge in [-0.15, -0.1) is 0 Å². The SMILES string of the molecule is COCO[C@H](C(=O)C[C@H](C)[C@@H](C#C[C@@](C)(OCOC)[C@@H]1OC(C)(C)O[C@@H]1[C@@H](OCOC)C(C)(C)CO[Si](C)(C)C(C)(C)C)OCc1ccc(OC)cc1)[C@@H](C)CO[Si](C)(C)C(C)(C)C. The van der Waals surface area contributed by atoms with Crippen molar-refractivity contribution in [3.8, 4) is 17.6 Å². The van der Waals surface area contributed by atoms with Crippen LogP contribution in [-0.4, -0.2) is 126 Å². The van der Waals surface area contributed by atoms with Crippen molar-refractivity contribution in [3.63, 3.8) is 0 Å². The van der Waals surface area contributed by atoms with Gasteiger partial charge in [0.05, 0.1) is 19.8 Å². The fourth-order valence-electron chi connectivity index (χ4n) is 6.75. The summed E-state index contributed by atoms with van der Waals surface area (Å²) in [6, 6.07) is 7.65. The summed E-state index contributed by atoms with van der Waals surface area (Å²) in [5.41, 5.74) is -0.995. The smallest absolute Gasteiger partial charge is 0.192 e. The number of benzene rings is 1. The molecule has 0 spiro atoms. The monoisotopic (exact) mass is 941 g/mol. The predicted octanol–water partition coefficient (Wildman–Crippen LogP) is 9.76. The van der Waals surface area contributed by atoms with Gasteiger partial charge in [-0.2, -0.15) is 0 Å². The summed E-state index contributed by atoms with van der Waals surface area (Å²) >= 11 is 0. The predicted molar refractivity (Wildman–Crippen MR) is 256 cm³/mol. The Balaban J connectivity index is 2.66. The standard InChI is InChI=1S/C49H88O13Si2/c1-35(28-39(50)41(56-32-51-14)36(2)29-59-63(18,19)45(3,4)5)40(55-30-37-22-24-38(54-17)25-23-37)26-27-49(13,58-34-53-16)44-42(61-48(11,12)62-44)43(57-33-52-15)47(9,10)31-60-64(20,21)46(6,7)8/h22-25,35-36,40-44H,28-34H2,1-21H3/t35-,36-,40+,41-,42+,43+,44+,49+/m0/s1. The van der Waals surface area contributed by atoms with Crippen LogP contribution in [-0.2, 0) is 62.9 Å². The Bertz CT molecular complexity index is 1610. The summed E-state index contributed by atoms with van der Waals surface area (Å²) in [5, 5.41) is 0.0237. The van der Waals surface area contributed by atoms with E-state index in [9.17, 15) is 4.79 Å². The van der Waals surface area contributed by atoms with Crippen LogP contribution in [0.15, 0.2) is 24.3 Å². The van der Waals surface area contributed by atoms with Gasteiger partial charge in [0.25, 0.3) is 0 Å². The highest BCUT2D eigenvalue weighted by Gasteiger charge is 2.57. The van der Waals surface area contributed by atoms with Crippen molar-refractivity contribution in [2.45, 2.75) is 181 Å². The zero-order chi connectivity index (χ0) is 49.0. The van der Waals surface area contributed by atoms with E-state index in [1.807, 2.05) is 58.9 Å². The lowest BCUT2D eigenvalue weighted by Crippen LogP contribution is -2.56. The Labute approximate surface area is 390 Å². The number of Topliss-reactive ketones (excluding diaryl/α,β-unsaturated/α-hetero) is 1. The topological polar surface area (TPSA) is 128 Å². The first-order valence-electron chi connectivity index (χ1n) is 22.7. The van der Waals surface area contributed by atoms with Crippen LogP contribution < -0.4 is 4.74 Å². The normalized spacial score (nSPS) is 20.7. The van der Waals surface area contributed by atoms with Gasteiger partial charge in [-0.05, 0) is 74.7 Å². The lowest BCUT2D eigenvalue weighted by atomic mass is 9.79. The summed E-state index contributed by atoms with van der Waals surface area (Å²) < 4.78 is 74.2. The first-order chi connectivity index (χ1) is 29.4. The summed E-state index contributed by atoms with van der Waals surface area (Å²) in [6.07, 6.45) is -3.44. The molecule has 0 N–H and O–H groups in total. The molecule has 13 nitrogen and oxygen atoms in total. The van der Waals surface area contributed by atoms with Crippen LogP contribution in [0.25, 0.3) is 0 Å². The average molecular weight is 941 g/mol. The molecule has 0 unspecified atom stereocenters. The van der Waals surface area contributed by atoms with E-state index < -0.39 is 64.0 Å². The van der Waals surface area contributed by atoms with E-state index in [4.69, 9.17) is 56.2 Å². The molecule has 2 rings (SSSR count). The summed E-state index contributed by atoms with van der Waals surface area (Å²) in [5.74, 6) is 5.83. The van der Waals surface area contributed by atoms with Crippen molar-refractivity contribution in [1.82, 2.24) is 0 Å². The van der Waals surface area contributed by atoms with Crippen molar-refractivity contribution in [2.75, 3.05) is 62.0 Å². The second-order valence-corrected chi connectivity index (χ2v) is 31.4. The highest BCUT2D eigenvalue weighted by molar-refractivity contribution is 6.74. The molecule has 0 saturated carbocycles. The molecule has 0 aromatic heterocycles. The third kappa shape index (κ3) is 17.1. The van der Waals surface area contributed by atoms with Crippen LogP contribution >= 0.6 is 0 Å². The van der Waals surface area contributed by atoms with E-state index in [-0.39, 0.29) is 61.1 Å². The summed E-state index contributed by atoms with van der Waals surface area (Å²) in [7, 11) is 2.09. The van der Waals surface area contributed by atoms with Crippen LogP contribution in [0.1, 0.15) is 102 Å². The van der Waals surface area contributed by atoms with Gasteiger partial charge in [0, 0.05) is 58.2 Å². The Morgan fingerprint density at radius 3 is 1.83 bits per heavy atom. The largest absolute Gasteiger partial charge is 0.497 e. The van der Waals surface area contributed by atoms with E-state index in [1.165, 1.54) is 0 Å². The molecule has 15 heteroatoms. The lowest BCUT2D eigenvalue weighted by Gasteiger charge is -2.44. The number of hydrogen-bond donors (Lipinski definition) is 0. The van der Waals surface area contributed by atoms with Crippen molar-refractivity contribution in [3.05, 3.63) is 29.8 Å². The zero-order valence-corrected chi connectivity index (χ0v) is 45.6. The molecule has 1 saturated heterocycles. The molecule has 64 heavy (non-hydrogen) atoms. The number of methoxy groups -OCH3 is 4. The Hall–Kier alpha value is -1.76. The molecule has 0 radical (unpaired) electrons. The average Bonchev–Trinajstić information content (AvgIpc) is 3.53. The van der Waals surface area contributed by atoms with Crippen LogP contribution in [0.5, 0.6) is 5.75 Å². The van der Waals surface area contributed by atoms with Gasteiger partial charge >= 0.3 is 0 Å². The van der Waals surface area contributed by atoms with Gasteiger partial charge in [-0.1, -0.05) is 93.2 Å². The number of rotatable bonds is 27. The number of ether oxygens (including phenoxy) is 10. The first-order valence-corrected chi connectivity index (χ1v) is 28.5. The van der Waals surface area contributed by atoms with Crippen LogP contribution in [0.2, 0.25) is 36.3 Å². The number of ketones is 1. The maximum atomic E-state index is 14.3. The fraction of sp³-hybridized carbons (Fsp3) is 0.816. The maximum Gasteiger partial charge on any atom is 0.192 e. The van der Waals surface area contributed by atoms with Crippen LogP contribution in [0.4, 0.5) is 0 Å². The summed E-state index contributed by atoms with van der Waals surface area (Å²) in [6.45, 7) is 36.8. The molecule has 0 amide bonds. The number of carbonyl (C=O) groups excluding carboxylic acids is 1. The van der Waals surface area contributed by atoms with Gasteiger partial charge in [-0.25, -0.2) is 0 Å². The van der Waals surface area contributed by atoms with Crippen LogP contribution in [0, 0.1) is 29.1 Å². The lowest BCUT2D eigenvalue weighted by molar-refractivity contribution is -0.193. The first kappa shape index (κ1) is 58.4. The molecule has 1 aromatic carbocycles. The molecular formula is C49H88O13Si2. The summed E-state index contributed by atoms with van der Waals surface area (Å²) in [4.78, 5) is 14.3. The van der Waals surface area contributed by atoms with Crippen molar-refractivity contribution in [1.29, 1.82) is 0 Å². The molecule has 0 bridgehead atoms. The highest BCUT2D eigenvalue weighted by Crippen LogP contribution is 2.44. The molecule has 1 aliphatic rings. The molecular weight excluding hydrogens is 853 g/mol. The molecule has 1 heterocycles. The van der Waals surface area contributed by atoms with Crippen molar-refractivity contribution >= 4 is 22.4 Å². The van der Waals surface area contributed by atoms with E-state index >= 15 is 0 Å². The Morgan fingerprint density at radius 2 is 1.30 bits per heavy atom. The quantitative estimate of drug-likeness (QED) is 0.0472. The third-order valence-corrected chi connectivity index (χ3v) is 22.0. The highest BCUT2D eigenvalue weighted by atomic mass is 28.4. The molecule has 1 fully saturated rings. The van der Waals surface area contributed by atoms with Crippen molar-refractivity contribution < 1.29 is 61.0 Å². The van der Waals surface area contributed by atoms with Gasteiger partial charge in [-0.3, -0.25) is 4.79 Å². The second-order valence-electron chi connectivity index (χ2n) is 21.7.